The van der Waals surface area contributed by atoms with E-state index in [1.807, 2.05) is 18.2 Å². The molecule has 0 unspecified atom stereocenters. The molecule has 4 rings (SSSR count). The summed E-state index contributed by atoms with van der Waals surface area (Å²) >= 11 is 6.35. The molecule has 0 radical (unpaired) electrons. The highest BCUT2D eigenvalue weighted by molar-refractivity contribution is 6.33. The average Bonchev–Trinajstić information content (AvgIpc) is 3.53. The zero-order valence-electron chi connectivity index (χ0n) is 14.7. The quantitative estimate of drug-likeness (QED) is 0.708. The number of nitrogens with zero attached hydrogens (tertiary/aromatic N) is 3. The minimum Gasteiger partial charge on any atom is -0.467 e. The first-order chi connectivity index (χ1) is 13.1. The summed E-state index contributed by atoms with van der Waals surface area (Å²) in [5.41, 5.74) is 8.71. The molecule has 27 heavy (non-hydrogen) atoms. The van der Waals surface area contributed by atoms with Crippen molar-refractivity contribution in [1.29, 1.82) is 0 Å². The van der Waals surface area contributed by atoms with Crippen molar-refractivity contribution in [2.24, 2.45) is 5.73 Å². The molecule has 7 heteroatoms. The lowest BCUT2D eigenvalue weighted by Gasteiger charge is -2.10. The molecule has 3 aromatic rings. The lowest BCUT2D eigenvalue weighted by molar-refractivity contribution is 0.379. The summed E-state index contributed by atoms with van der Waals surface area (Å²) in [6.45, 7) is 0.377. The molecule has 0 bridgehead atoms. The van der Waals surface area contributed by atoms with E-state index in [9.17, 15) is 4.39 Å². The zero-order chi connectivity index (χ0) is 19.0. The average molecular weight is 385 g/mol. The maximum atomic E-state index is 14.1. The maximum Gasteiger partial charge on any atom is 0.320 e. The fourth-order valence-corrected chi connectivity index (χ4v) is 3.16. The van der Waals surface area contributed by atoms with E-state index in [2.05, 4.69) is 15.0 Å². The van der Waals surface area contributed by atoms with Gasteiger partial charge in [0.05, 0.1) is 12.1 Å². The van der Waals surface area contributed by atoms with E-state index >= 15 is 0 Å². The van der Waals surface area contributed by atoms with Crippen molar-refractivity contribution in [3.63, 3.8) is 0 Å². The molecule has 0 saturated heterocycles. The Bertz CT molecular complexity index is 1010. The van der Waals surface area contributed by atoms with Crippen LogP contribution < -0.4 is 10.5 Å². The van der Waals surface area contributed by atoms with Crippen molar-refractivity contribution in [1.82, 2.24) is 15.0 Å². The molecule has 2 N–H and O–H groups in total. The normalized spacial score (nSPS) is 13.6. The molecule has 1 heterocycles. The summed E-state index contributed by atoms with van der Waals surface area (Å²) in [6.07, 6.45) is 2.02. The van der Waals surface area contributed by atoms with E-state index in [1.54, 1.807) is 12.1 Å². The molecule has 0 aliphatic heterocycles. The van der Waals surface area contributed by atoms with Crippen molar-refractivity contribution in [2.75, 3.05) is 7.11 Å². The number of methoxy groups -OCH3 is 1. The van der Waals surface area contributed by atoms with Crippen molar-refractivity contribution >= 4 is 11.6 Å². The van der Waals surface area contributed by atoms with Crippen LogP contribution in [0, 0.1) is 5.82 Å². The second-order valence-electron chi connectivity index (χ2n) is 6.50. The third-order valence-electron chi connectivity index (χ3n) is 4.58. The van der Waals surface area contributed by atoms with Crippen LogP contribution in [-0.4, -0.2) is 22.1 Å². The fraction of sp³-hybridized carbons (Fsp3) is 0.250. The van der Waals surface area contributed by atoms with Crippen molar-refractivity contribution in [2.45, 2.75) is 25.3 Å². The van der Waals surface area contributed by atoms with Gasteiger partial charge in [0.25, 0.3) is 0 Å². The molecule has 1 fully saturated rings. The van der Waals surface area contributed by atoms with E-state index in [1.165, 1.54) is 13.2 Å². The third-order valence-corrected chi connectivity index (χ3v) is 4.91. The topological polar surface area (TPSA) is 73.9 Å². The Morgan fingerprint density at radius 3 is 2.59 bits per heavy atom. The molecule has 1 aromatic heterocycles. The smallest absolute Gasteiger partial charge is 0.320 e. The Morgan fingerprint density at radius 1 is 1.11 bits per heavy atom. The summed E-state index contributed by atoms with van der Waals surface area (Å²) in [6, 6.07) is 10.6. The highest BCUT2D eigenvalue weighted by Gasteiger charge is 2.27. The molecule has 1 aliphatic carbocycles. The first-order valence-corrected chi connectivity index (χ1v) is 9.05. The molecule has 2 aromatic carbocycles. The lowest BCUT2D eigenvalue weighted by atomic mass is 10.1. The van der Waals surface area contributed by atoms with E-state index < -0.39 is 0 Å². The molecule has 0 atom stereocenters. The summed E-state index contributed by atoms with van der Waals surface area (Å²) in [5.74, 6) is 0.882. The summed E-state index contributed by atoms with van der Waals surface area (Å²) < 4.78 is 19.3. The van der Waals surface area contributed by atoms with Crippen LogP contribution in [-0.2, 0) is 6.54 Å². The lowest BCUT2D eigenvalue weighted by Crippen LogP contribution is -2.02. The van der Waals surface area contributed by atoms with Gasteiger partial charge in [-0.2, -0.15) is 9.97 Å². The number of hydrogen-bond donors (Lipinski definition) is 1. The number of hydrogen-bond acceptors (Lipinski definition) is 5. The molecule has 1 saturated carbocycles. The molecule has 1 aliphatic rings. The molecular formula is C20H18ClFN4O. The SMILES string of the molecule is COc1nc(-c2ccc(F)c(C3CC3)c2)nc(-c2cc(CN)ccc2Cl)n1. The monoisotopic (exact) mass is 384 g/mol. The van der Waals surface area contributed by atoms with Crippen LogP contribution in [0.2, 0.25) is 5.02 Å². The van der Waals surface area contributed by atoms with E-state index in [-0.39, 0.29) is 17.7 Å². The van der Waals surface area contributed by atoms with Crippen molar-refractivity contribution < 1.29 is 9.13 Å². The number of aromatic nitrogens is 3. The van der Waals surface area contributed by atoms with Crippen molar-refractivity contribution in [3.8, 4) is 28.8 Å². The number of rotatable bonds is 5. The van der Waals surface area contributed by atoms with Crippen molar-refractivity contribution in [3.05, 3.63) is 58.4 Å². The van der Waals surface area contributed by atoms with Crippen LogP contribution in [0.3, 0.4) is 0 Å². The van der Waals surface area contributed by atoms with Gasteiger partial charge in [-0.05, 0) is 60.2 Å². The standard InChI is InChI=1S/C20H18ClFN4O/c1-27-20-25-18(13-5-7-17(22)14(9-13)12-3-4-12)24-19(26-20)15-8-11(10-23)2-6-16(15)21/h2,5-9,12H,3-4,10,23H2,1H3. The molecule has 0 amide bonds. The first-order valence-electron chi connectivity index (χ1n) is 8.68. The molecular weight excluding hydrogens is 367 g/mol. The van der Waals surface area contributed by atoms with Gasteiger partial charge in [0.1, 0.15) is 5.82 Å². The van der Waals surface area contributed by atoms with E-state index in [0.717, 1.165) is 18.4 Å². The van der Waals surface area contributed by atoms with Gasteiger partial charge in [-0.15, -0.1) is 0 Å². The van der Waals surface area contributed by atoms with Gasteiger partial charge in [-0.25, -0.2) is 9.37 Å². The number of halogens is 2. The minimum atomic E-state index is -0.193. The second-order valence-corrected chi connectivity index (χ2v) is 6.91. The van der Waals surface area contributed by atoms with Crippen LogP contribution >= 0.6 is 11.6 Å². The fourth-order valence-electron chi connectivity index (χ4n) is 2.96. The summed E-state index contributed by atoms with van der Waals surface area (Å²) in [7, 11) is 1.49. The van der Waals surface area contributed by atoms with Gasteiger partial charge in [0, 0.05) is 17.7 Å². The molecule has 5 nitrogen and oxygen atoms in total. The number of ether oxygens (including phenoxy) is 1. The van der Waals surface area contributed by atoms with Crippen LogP contribution in [0.4, 0.5) is 4.39 Å². The summed E-state index contributed by atoms with van der Waals surface area (Å²) in [5, 5.41) is 0.504. The predicted molar refractivity (Wildman–Crippen MR) is 102 cm³/mol. The molecule has 0 spiro atoms. The summed E-state index contributed by atoms with van der Waals surface area (Å²) in [4.78, 5) is 13.2. The zero-order valence-corrected chi connectivity index (χ0v) is 15.5. The van der Waals surface area contributed by atoms with Crippen LogP contribution in [0.15, 0.2) is 36.4 Å². The highest BCUT2D eigenvalue weighted by Crippen LogP contribution is 2.42. The Morgan fingerprint density at radius 2 is 1.89 bits per heavy atom. The van der Waals surface area contributed by atoms with Crippen LogP contribution in [0.5, 0.6) is 6.01 Å². The second kappa shape index (κ2) is 7.21. The largest absolute Gasteiger partial charge is 0.467 e. The molecule has 138 valence electrons. The van der Waals surface area contributed by atoms with Gasteiger partial charge in [-0.1, -0.05) is 17.7 Å². The Kier molecular flexibility index (Phi) is 4.76. The van der Waals surface area contributed by atoms with Gasteiger partial charge in [0.2, 0.25) is 0 Å². The van der Waals surface area contributed by atoms with Gasteiger partial charge >= 0.3 is 6.01 Å². The third kappa shape index (κ3) is 3.63. The minimum absolute atomic E-state index is 0.168. The van der Waals surface area contributed by atoms with Gasteiger partial charge in [0.15, 0.2) is 11.6 Å². The number of benzene rings is 2. The maximum absolute atomic E-state index is 14.1. The van der Waals surface area contributed by atoms with Crippen LogP contribution in [0.1, 0.15) is 29.9 Å². The number of nitrogens with two attached hydrogens (primary N) is 1. The Hall–Kier alpha value is -2.57. The van der Waals surface area contributed by atoms with Crippen LogP contribution in [0.25, 0.3) is 22.8 Å². The first kappa shape index (κ1) is 17.8. The van der Waals surface area contributed by atoms with Gasteiger partial charge in [-0.3, -0.25) is 0 Å². The Balaban J connectivity index is 1.84. The highest BCUT2D eigenvalue weighted by atomic mass is 35.5. The Labute approximate surface area is 161 Å². The van der Waals surface area contributed by atoms with E-state index in [0.29, 0.717) is 39.9 Å². The predicted octanol–water partition coefficient (Wildman–Crippen LogP) is 4.34. The van der Waals surface area contributed by atoms with Gasteiger partial charge < -0.3 is 10.5 Å². The van der Waals surface area contributed by atoms with E-state index in [4.69, 9.17) is 22.1 Å².